The number of aliphatic hydroxyl groups excluding tert-OH is 1. The zero-order chi connectivity index (χ0) is 13.7. The molecule has 3 N–H and O–H groups in total. The first-order chi connectivity index (χ1) is 7.54. The highest BCUT2D eigenvalue weighted by molar-refractivity contribution is 7.88. The minimum absolute atomic E-state index is 0.121. The van der Waals surface area contributed by atoms with E-state index in [4.69, 9.17) is 0 Å². The van der Waals surface area contributed by atoms with Crippen molar-refractivity contribution in [2.45, 2.75) is 39.7 Å². The second-order valence-corrected chi connectivity index (χ2v) is 7.43. The molecule has 17 heavy (non-hydrogen) atoms. The summed E-state index contributed by atoms with van der Waals surface area (Å²) >= 11 is 0. The number of nitrogens with one attached hydrogen (secondary N) is 2. The molecule has 0 saturated heterocycles. The van der Waals surface area contributed by atoms with E-state index in [9.17, 15) is 13.5 Å². The molecule has 0 aliphatic rings. The molecule has 0 saturated carbocycles. The molecule has 0 rings (SSSR count). The molecule has 6 heteroatoms. The van der Waals surface area contributed by atoms with E-state index in [0.29, 0.717) is 13.1 Å². The fourth-order valence-corrected chi connectivity index (χ4v) is 2.58. The summed E-state index contributed by atoms with van der Waals surface area (Å²) in [5.41, 5.74) is -0.682. The van der Waals surface area contributed by atoms with Gasteiger partial charge in [-0.05, 0) is 20.3 Å². The largest absolute Gasteiger partial charge is 0.396 e. The first-order valence-corrected chi connectivity index (χ1v) is 7.73. The summed E-state index contributed by atoms with van der Waals surface area (Å²) in [6.45, 7) is 8.97. The average Bonchev–Trinajstić information content (AvgIpc) is 2.13. The van der Waals surface area contributed by atoms with Crippen LogP contribution >= 0.6 is 0 Å². The Morgan fingerprint density at radius 2 is 1.71 bits per heavy atom. The predicted molar refractivity (Wildman–Crippen MR) is 70.4 cm³/mol. The molecule has 0 radical (unpaired) electrons. The zero-order valence-corrected chi connectivity index (χ0v) is 12.3. The predicted octanol–water partition coefficient (Wildman–Crippen LogP) is 0.312. The van der Waals surface area contributed by atoms with Gasteiger partial charge < -0.3 is 10.4 Å². The van der Waals surface area contributed by atoms with E-state index in [0.717, 1.165) is 12.7 Å². The molecule has 0 aliphatic heterocycles. The van der Waals surface area contributed by atoms with E-state index in [2.05, 4.69) is 10.0 Å². The standard InChI is InChI=1S/C11H26N2O3S/c1-6-11(4,9-14)8-12-7-10(2,3)13-17(5,15)16/h12-14H,6-9H2,1-5H3. The van der Waals surface area contributed by atoms with E-state index < -0.39 is 15.6 Å². The highest BCUT2D eigenvalue weighted by atomic mass is 32.2. The maximum Gasteiger partial charge on any atom is 0.209 e. The van der Waals surface area contributed by atoms with Gasteiger partial charge >= 0.3 is 0 Å². The fourth-order valence-electron chi connectivity index (χ4n) is 1.51. The molecule has 0 aromatic carbocycles. The maximum absolute atomic E-state index is 11.1. The lowest BCUT2D eigenvalue weighted by atomic mass is 9.88. The third kappa shape index (κ3) is 7.70. The second-order valence-electron chi connectivity index (χ2n) is 5.68. The van der Waals surface area contributed by atoms with Crippen LogP contribution in [0, 0.1) is 5.41 Å². The Labute approximate surface area is 105 Å². The van der Waals surface area contributed by atoms with Crippen LogP contribution in [0.1, 0.15) is 34.1 Å². The molecular weight excluding hydrogens is 240 g/mol. The van der Waals surface area contributed by atoms with E-state index in [-0.39, 0.29) is 12.0 Å². The molecular formula is C11H26N2O3S. The van der Waals surface area contributed by atoms with Crippen molar-refractivity contribution in [1.29, 1.82) is 0 Å². The molecule has 5 nitrogen and oxygen atoms in total. The lowest BCUT2D eigenvalue weighted by Crippen LogP contribution is -2.51. The lowest BCUT2D eigenvalue weighted by Gasteiger charge is -2.30. The van der Waals surface area contributed by atoms with Gasteiger partial charge in [0.05, 0.1) is 6.26 Å². The number of rotatable bonds is 8. The van der Waals surface area contributed by atoms with Crippen LogP contribution in [-0.2, 0) is 10.0 Å². The minimum atomic E-state index is -3.20. The normalized spacial score (nSPS) is 16.8. The van der Waals surface area contributed by atoms with Gasteiger partial charge in [-0.15, -0.1) is 0 Å². The van der Waals surface area contributed by atoms with Crippen molar-refractivity contribution in [3.05, 3.63) is 0 Å². The smallest absolute Gasteiger partial charge is 0.209 e. The fraction of sp³-hybridized carbons (Fsp3) is 1.00. The average molecular weight is 266 g/mol. The molecule has 0 aromatic heterocycles. The van der Waals surface area contributed by atoms with E-state index in [1.54, 1.807) is 0 Å². The van der Waals surface area contributed by atoms with Gasteiger partial charge in [0.15, 0.2) is 0 Å². The first kappa shape index (κ1) is 16.8. The Bertz CT molecular complexity index is 322. The third-order valence-corrected chi connectivity index (χ3v) is 3.74. The molecule has 104 valence electrons. The van der Waals surface area contributed by atoms with E-state index in [1.165, 1.54) is 0 Å². The van der Waals surface area contributed by atoms with Crippen LogP contribution < -0.4 is 10.0 Å². The molecule has 0 fully saturated rings. The topological polar surface area (TPSA) is 78.4 Å². The summed E-state index contributed by atoms with van der Waals surface area (Å²) in [5.74, 6) is 0. The van der Waals surface area contributed by atoms with Crippen LogP contribution in [0.15, 0.2) is 0 Å². The van der Waals surface area contributed by atoms with Gasteiger partial charge in [0.2, 0.25) is 10.0 Å². The number of sulfonamides is 1. The van der Waals surface area contributed by atoms with Crippen LogP contribution in [-0.4, -0.2) is 45.0 Å². The lowest BCUT2D eigenvalue weighted by molar-refractivity contribution is 0.133. The summed E-state index contributed by atoms with van der Waals surface area (Å²) in [6.07, 6.45) is 2.02. The van der Waals surface area contributed by atoms with Crippen molar-refractivity contribution >= 4 is 10.0 Å². The summed E-state index contributed by atoms with van der Waals surface area (Å²) in [5, 5.41) is 12.5. The van der Waals surface area contributed by atoms with E-state index >= 15 is 0 Å². The monoisotopic (exact) mass is 266 g/mol. The molecule has 0 aliphatic carbocycles. The highest BCUT2D eigenvalue weighted by Crippen LogP contribution is 2.18. The van der Waals surface area contributed by atoms with Gasteiger partial charge in [-0.3, -0.25) is 0 Å². The molecule has 0 spiro atoms. The summed E-state index contributed by atoms with van der Waals surface area (Å²) in [7, 11) is -3.20. The van der Waals surface area contributed by atoms with Gasteiger partial charge in [-0.25, -0.2) is 13.1 Å². The summed E-state index contributed by atoms with van der Waals surface area (Å²) < 4.78 is 24.8. The maximum atomic E-state index is 11.1. The van der Waals surface area contributed by atoms with Crippen LogP contribution in [0.5, 0.6) is 0 Å². The molecule has 0 aromatic rings. The Morgan fingerprint density at radius 1 is 1.18 bits per heavy atom. The van der Waals surface area contributed by atoms with Crippen LogP contribution in [0.3, 0.4) is 0 Å². The minimum Gasteiger partial charge on any atom is -0.396 e. The Morgan fingerprint density at radius 3 is 2.06 bits per heavy atom. The van der Waals surface area contributed by atoms with Crippen molar-refractivity contribution in [3.63, 3.8) is 0 Å². The SMILES string of the molecule is CCC(C)(CO)CNCC(C)(C)NS(C)(=O)=O. The summed E-state index contributed by atoms with van der Waals surface area (Å²) in [4.78, 5) is 0. The zero-order valence-electron chi connectivity index (χ0n) is 11.5. The van der Waals surface area contributed by atoms with Crippen LogP contribution in [0.2, 0.25) is 0 Å². The van der Waals surface area contributed by atoms with Crippen molar-refractivity contribution in [3.8, 4) is 0 Å². The van der Waals surface area contributed by atoms with Crippen molar-refractivity contribution in [2.75, 3.05) is 26.0 Å². The van der Waals surface area contributed by atoms with E-state index in [1.807, 2.05) is 27.7 Å². The second kappa shape index (κ2) is 6.13. The molecule has 0 bridgehead atoms. The Hall–Kier alpha value is -0.170. The van der Waals surface area contributed by atoms with Crippen LogP contribution in [0.4, 0.5) is 0 Å². The van der Waals surface area contributed by atoms with Crippen molar-refractivity contribution in [1.82, 2.24) is 10.0 Å². The number of hydrogen-bond acceptors (Lipinski definition) is 4. The van der Waals surface area contributed by atoms with Gasteiger partial charge in [0.25, 0.3) is 0 Å². The van der Waals surface area contributed by atoms with Gasteiger partial charge in [-0.1, -0.05) is 13.8 Å². The molecule has 0 heterocycles. The third-order valence-electron chi connectivity index (χ3n) is 2.82. The summed E-state index contributed by atoms with van der Waals surface area (Å²) in [6, 6.07) is 0. The first-order valence-electron chi connectivity index (χ1n) is 5.84. The molecule has 1 atom stereocenters. The van der Waals surface area contributed by atoms with Crippen LogP contribution in [0.25, 0.3) is 0 Å². The van der Waals surface area contributed by atoms with Gasteiger partial charge in [0.1, 0.15) is 0 Å². The number of aliphatic hydroxyl groups is 1. The van der Waals surface area contributed by atoms with Crippen molar-refractivity contribution in [2.24, 2.45) is 5.41 Å². The Kier molecular flexibility index (Phi) is 6.07. The highest BCUT2D eigenvalue weighted by Gasteiger charge is 2.25. The quantitative estimate of drug-likeness (QED) is 0.591. The van der Waals surface area contributed by atoms with Gasteiger partial charge in [-0.2, -0.15) is 0 Å². The molecule has 1 unspecified atom stereocenters. The molecule has 0 amide bonds. The Balaban J connectivity index is 4.20. The number of hydrogen-bond donors (Lipinski definition) is 3. The van der Waals surface area contributed by atoms with Gasteiger partial charge in [0, 0.05) is 30.7 Å². The van der Waals surface area contributed by atoms with Crippen molar-refractivity contribution < 1.29 is 13.5 Å².